The number of sulfonamides is 1. The van der Waals surface area contributed by atoms with Crippen LogP contribution >= 0.6 is 23.4 Å². The maximum Gasteiger partial charge on any atom is 0.242 e. The van der Waals surface area contributed by atoms with Gasteiger partial charge in [-0.15, -0.1) is 0 Å². The minimum Gasteiger partial charge on any atom is -0.325 e. The highest BCUT2D eigenvalue weighted by atomic mass is 35.5. The van der Waals surface area contributed by atoms with E-state index in [1.165, 1.54) is 12.1 Å². The molecule has 0 heterocycles. The Bertz CT molecular complexity index is 858. The van der Waals surface area contributed by atoms with E-state index in [1.54, 1.807) is 48.2 Å². The van der Waals surface area contributed by atoms with Crippen molar-refractivity contribution in [2.45, 2.75) is 24.3 Å². The molecule has 0 aromatic heterocycles. The summed E-state index contributed by atoms with van der Waals surface area (Å²) in [7, 11) is -3.79. The van der Waals surface area contributed by atoms with E-state index in [1.807, 2.05) is 13.2 Å². The Morgan fingerprint density at radius 2 is 1.88 bits per heavy atom. The van der Waals surface area contributed by atoms with Crippen LogP contribution in [-0.4, -0.2) is 32.4 Å². The molecule has 2 rings (SSSR count). The average Bonchev–Trinajstić information content (AvgIpc) is 2.62. The summed E-state index contributed by atoms with van der Waals surface area (Å²) < 4.78 is 27.6. The van der Waals surface area contributed by atoms with E-state index in [0.717, 1.165) is 5.56 Å². The fourth-order valence-electron chi connectivity index (χ4n) is 2.23. The Labute approximate surface area is 163 Å². The number of halogens is 1. The summed E-state index contributed by atoms with van der Waals surface area (Å²) >= 11 is 7.62. The SMILES string of the molecule is CSCC[C@H](NS(=O)(=O)c1ccccc1)C(=O)Nc1ccc(C)c(Cl)c1. The van der Waals surface area contributed by atoms with E-state index in [9.17, 15) is 13.2 Å². The maximum absolute atomic E-state index is 12.6. The van der Waals surface area contributed by atoms with Crippen molar-refractivity contribution in [3.05, 3.63) is 59.1 Å². The molecule has 0 fully saturated rings. The number of amides is 1. The highest BCUT2D eigenvalue weighted by Crippen LogP contribution is 2.20. The van der Waals surface area contributed by atoms with Gasteiger partial charge in [0.25, 0.3) is 0 Å². The molecular formula is C18H21ClN2O3S2. The molecule has 0 aliphatic carbocycles. The van der Waals surface area contributed by atoms with Gasteiger partial charge in [0.15, 0.2) is 0 Å². The quantitative estimate of drug-likeness (QED) is 0.693. The maximum atomic E-state index is 12.6. The van der Waals surface area contributed by atoms with Gasteiger partial charge in [-0.25, -0.2) is 8.42 Å². The smallest absolute Gasteiger partial charge is 0.242 e. The van der Waals surface area contributed by atoms with E-state index in [2.05, 4.69) is 10.0 Å². The van der Waals surface area contributed by atoms with Crippen LogP contribution in [0.15, 0.2) is 53.4 Å². The van der Waals surface area contributed by atoms with Crippen LogP contribution in [0.25, 0.3) is 0 Å². The highest BCUT2D eigenvalue weighted by molar-refractivity contribution is 7.98. The first-order valence-electron chi connectivity index (χ1n) is 7.97. The van der Waals surface area contributed by atoms with Gasteiger partial charge >= 0.3 is 0 Å². The fourth-order valence-corrected chi connectivity index (χ4v) is 4.14. The van der Waals surface area contributed by atoms with Gasteiger partial charge in [-0.2, -0.15) is 16.5 Å². The van der Waals surface area contributed by atoms with Crippen LogP contribution in [0.3, 0.4) is 0 Å². The monoisotopic (exact) mass is 412 g/mol. The summed E-state index contributed by atoms with van der Waals surface area (Å²) in [4.78, 5) is 12.8. The Hall–Kier alpha value is -1.54. The normalized spacial score (nSPS) is 12.6. The van der Waals surface area contributed by atoms with Crippen molar-refractivity contribution in [3.8, 4) is 0 Å². The number of rotatable bonds is 8. The second-order valence-electron chi connectivity index (χ2n) is 5.72. The summed E-state index contributed by atoms with van der Waals surface area (Å²) in [5, 5.41) is 3.27. The number of hydrogen-bond donors (Lipinski definition) is 2. The molecule has 2 N–H and O–H groups in total. The summed E-state index contributed by atoms with van der Waals surface area (Å²) in [5.41, 5.74) is 1.42. The largest absolute Gasteiger partial charge is 0.325 e. The molecule has 0 saturated carbocycles. The first kappa shape index (κ1) is 20.8. The predicted molar refractivity (Wildman–Crippen MR) is 108 cm³/mol. The average molecular weight is 413 g/mol. The Balaban J connectivity index is 2.17. The van der Waals surface area contributed by atoms with E-state index >= 15 is 0 Å². The van der Waals surface area contributed by atoms with Crippen LogP contribution in [0.2, 0.25) is 5.02 Å². The van der Waals surface area contributed by atoms with Crippen molar-refractivity contribution < 1.29 is 13.2 Å². The van der Waals surface area contributed by atoms with Gasteiger partial charge in [0.1, 0.15) is 6.04 Å². The standard InChI is InChI=1S/C18H21ClN2O3S2/c1-13-8-9-14(12-16(13)19)20-18(22)17(10-11-25-2)21-26(23,24)15-6-4-3-5-7-15/h3-9,12,17,21H,10-11H2,1-2H3,(H,20,22)/t17-/m0/s1. The molecule has 1 atom stereocenters. The number of aryl methyl sites for hydroxylation is 1. The van der Waals surface area contributed by atoms with Gasteiger partial charge in [-0.05, 0) is 55.2 Å². The lowest BCUT2D eigenvalue weighted by molar-refractivity contribution is -0.117. The molecule has 0 bridgehead atoms. The second kappa shape index (κ2) is 9.41. The summed E-state index contributed by atoms with van der Waals surface area (Å²) in [6, 6.07) is 12.3. The van der Waals surface area contributed by atoms with Gasteiger partial charge in [0.2, 0.25) is 15.9 Å². The van der Waals surface area contributed by atoms with Crippen molar-refractivity contribution >= 4 is 45.0 Å². The van der Waals surface area contributed by atoms with E-state index in [-0.39, 0.29) is 4.90 Å². The molecule has 1 amide bonds. The lowest BCUT2D eigenvalue weighted by Gasteiger charge is -2.18. The van der Waals surface area contributed by atoms with Crippen LogP contribution in [-0.2, 0) is 14.8 Å². The van der Waals surface area contributed by atoms with Crippen molar-refractivity contribution in [1.82, 2.24) is 4.72 Å². The lowest BCUT2D eigenvalue weighted by atomic mass is 10.2. The van der Waals surface area contributed by atoms with E-state index in [4.69, 9.17) is 11.6 Å². The molecule has 0 radical (unpaired) electrons. The molecule has 0 aliphatic rings. The molecule has 0 aliphatic heterocycles. The van der Waals surface area contributed by atoms with E-state index < -0.39 is 22.0 Å². The number of carbonyl (C=O) groups excluding carboxylic acids is 1. The first-order valence-corrected chi connectivity index (χ1v) is 11.2. The second-order valence-corrected chi connectivity index (χ2v) is 8.83. The van der Waals surface area contributed by atoms with Gasteiger partial charge in [0.05, 0.1) is 4.90 Å². The Morgan fingerprint density at radius 3 is 2.50 bits per heavy atom. The molecule has 26 heavy (non-hydrogen) atoms. The third-order valence-electron chi connectivity index (χ3n) is 3.72. The molecule has 2 aromatic rings. The number of thioether (sulfide) groups is 1. The first-order chi connectivity index (χ1) is 12.3. The number of benzene rings is 2. The number of anilines is 1. The van der Waals surface area contributed by atoms with Crippen molar-refractivity contribution in [1.29, 1.82) is 0 Å². The zero-order valence-electron chi connectivity index (χ0n) is 14.5. The van der Waals surface area contributed by atoms with Crippen molar-refractivity contribution in [2.24, 2.45) is 0 Å². The lowest BCUT2D eigenvalue weighted by Crippen LogP contribution is -2.44. The topological polar surface area (TPSA) is 75.3 Å². The van der Waals surface area contributed by atoms with Crippen LogP contribution in [0.4, 0.5) is 5.69 Å². The Morgan fingerprint density at radius 1 is 1.19 bits per heavy atom. The van der Waals surface area contributed by atoms with Crippen molar-refractivity contribution in [2.75, 3.05) is 17.3 Å². The molecule has 0 saturated heterocycles. The zero-order valence-corrected chi connectivity index (χ0v) is 16.9. The molecular weight excluding hydrogens is 392 g/mol. The molecule has 0 unspecified atom stereocenters. The predicted octanol–water partition coefficient (Wildman–Crippen LogP) is 3.69. The molecule has 8 heteroatoms. The summed E-state index contributed by atoms with van der Waals surface area (Å²) in [6.07, 6.45) is 2.28. The van der Waals surface area contributed by atoms with Crippen molar-refractivity contribution in [3.63, 3.8) is 0 Å². The highest BCUT2D eigenvalue weighted by Gasteiger charge is 2.25. The van der Waals surface area contributed by atoms with Crippen LogP contribution in [0.1, 0.15) is 12.0 Å². The van der Waals surface area contributed by atoms with Gasteiger partial charge in [-0.3, -0.25) is 4.79 Å². The van der Waals surface area contributed by atoms with Crippen LogP contribution in [0, 0.1) is 6.92 Å². The van der Waals surface area contributed by atoms with E-state index in [0.29, 0.717) is 22.9 Å². The fraction of sp³-hybridized carbons (Fsp3) is 0.278. The summed E-state index contributed by atoms with van der Waals surface area (Å²) in [5.74, 6) is 0.225. The third-order valence-corrected chi connectivity index (χ3v) is 6.26. The minimum absolute atomic E-state index is 0.125. The molecule has 0 spiro atoms. The third kappa shape index (κ3) is 5.74. The Kier molecular flexibility index (Phi) is 7.52. The molecule has 5 nitrogen and oxygen atoms in total. The van der Waals surface area contributed by atoms with Crippen LogP contribution < -0.4 is 10.0 Å². The number of nitrogens with one attached hydrogen (secondary N) is 2. The molecule has 140 valence electrons. The number of hydrogen-bond acceptors (Lipinski definition) is 4. The number of carbonyl (C=O) groups is 1. The zero-order chi connectivity index (χ0) is 19.2. The minimum atomic E-state index is -3.79. The van der Waals surface area contributed by atoms with Gasteiger partial charge < -0.3 is 5.32 Å². The van der Waals surface area contributed by atoms with Crippen LogP contribution in [0.5, 0.6) is 0 Å². The summed E-state index contributed by atoms with van der Waals surface area (Å²) in [6.45, 7) is 1.86. The molecule has 2 aromatic carbocycles. The van der Waals surface area contributed by atoms with Gasteiger partial charge in [0, 0.05) is 10.7 Å². The van der Waals surface area contributed by atoms with Gasteiger partial charge in [-0.1, -0.05) is 35.9 Å².